The molecule has 0 aliphatic rings. The van der Waals surface area contributed by atoms with E-state index in [4.69, 9.17) is 13.9 Å². The number of aromatic nitrogens is 2. The van der Waals surface area contributed by atoms with Gasteiger partial charge in [-0.3, -0.25) is 4.79 Å². The van der Waals surface area contributed by atoms with Crippen LogP contribution in [0.15, 0.2) is 46.0 Å². The van der Waals surface area contributed by atoms with E-state index >= 15 is 0 Å². The number of carbonyl (C=O) groups is 1. The van der Waals surface area contributed by atoms with E-state index in [0.29, 0.717) is 17.1 Å². The van der Waals surface area contributed by atoms with Crippen molar-refractivity contribution >= 4 is 17.5 Å². The third-order valence-electron chi connectivity index (χ3n) is 3.86. The number of Topliss-reactive ketones (excluding diaryl/α,β-unsaturated/α-hetero) is 1. The SMILES string of the molecule is COc1cc(OC)cc(-c2nnc(S[C@H](C)C(=O)c3ccc(F)c(F)c3)o2)c1. The Kier molecular flexibility index (Phi) is 5.93. The van der Waals surface area contributed by atoms with Crippen molar-refractivity contribution < 1.29 is 27.5 Å². The molecule has 0 saturated heterocycles. The Hall–Kier alpha value is -2.94. The fourth-order valence-electron chi connectivity index (χ4n) is 2.39. The summed E-state index contributed by atoms with van der Waals surface area (Å²) in [5.74, 6) is -1.12. The van der Waals surface area contributed by atoms with Gasteiger partial charge in [-0.05, 0) is 37.3 Å². The fraction of sp³-hybridized carbons (Fsp3) is 0.211. The maximum atomic E-state index is 13.3. The van der Waals surface area contributed by atoms with Crippen molar-refractivity contribution in [2.24, 2.45) is 0 Å². The fourth-order valence-corrected chi connectivity index (χ4v) is 3.15. The van der Waals surface area contributed by atoms with Crippen LogP contribution in [-0.4, -0.2) is 35.5 Å². The minimum atomic E-state index is -1.07. The van der Waals surface area contributed by atoms with Gasteiger partial charge < -0.3 is 13.9 Å². The third kappa shape index (κ3) is 4.30. The normalized spacial score (nSPS) is 11.9. The first-order chi connectivity index (χ1) is 13.4. The van der Waals surface area contributed by atoms with Crippen molar-refractivity contribution in [1.29, 1.82) is 0 Å². The van der Waals surface area contributed by atoms with E-state index in [0.717, 1.165) is 23.9 Å². The number of halogens is 2. The Morgan fingerprint density at radius 3 is 2.32 bits per heavy atom. The van der Waals surface area contributed by atoms with Gasteiger partial charge in [-0.25, -0.2) is 8.78 Å². The zero-order valence-electron chi connectivity index (χ0n) is 15.2. The van der Waals surface area contributed by atoms with E-state index in [-0.39, 0.29) is 22.5 Å². The number of methoxy groups -OCH3 is 2. The van der Waals surface area contributed by atoms with Crippen LogP contribution in [-0.2, 0) is 0 Å². The molecule has 3 rings (SSSR count). The first-order valence-electron chi connectivity index (χ1n) is 8.14. The van der Waals surface area contributed by atoms with Gasteiger partial charge in [0.05, 0.1) is 19.5 Å². The number of ether oxygens (including phenoxy) is 2. The average Bonchev–Trinajstić information content (AvgIpc) is 3.17. The van der Waals surface area contributed by atoms with Crippen LogP contribution in [0, 0.1) is 11.6 Å². The van der Waals surface area contributed by atoms with Crippen molar-refractivity contribution in [2.75, 3.05) is 14.2 Å². The molecule has 1 aromatic heterocycles. The standard InChI is InChI=1S/C19H16F2N2O4S/c1-10(17(24)11-4-5-15(20)16(21)8-11)28-19-23-22-18(27-19)12-6-13(25-2)9-14(7-12)26-3/h4-10H,1-3H3/t10-/m1/s1. The summed E-state index contributed by atoms with van der Waals surface area (Å²) in [6.07, 6.45) is 0. The molecule has 0 amide bonds. The van der Waals surface area contributed by atoms with Crippen LogP contribution in [0.1, 0.15) is 17.3 Å². The quantitative estimate of drug-likeness (QED) is 0.425. The molecule has 9 heteroatoms. The second-order valence-electron chi connectivity index (χ2n) is 5.73. The summed E-state index contributed by atoms with van der Waals surface area (Å²) in [5.41, 5.74) is 0.659. The van der Waals surface area contributed by atoms with Gasteiger partial charge in [0.25, 0.3) is 5.22 Å². The monoisotopic (exact) mass is 406 g/mol. The van der Waals surface area contributed by atoms with Gasteiger partial charge >= 0.3 is 0 Å². The van der Waals surface area contributed by atoms with E-state index in [1.807, 2.05) is 0 Å². The molecule has 146 valence electrons. The van der Waals surface area contributed by atoms with Gasteiger partial charge in [-0.2, -0.15) is 0 Å². The van der Waals surface area contributed by atoms with E-state index in [9.17, 15) is 13.6 Å². The van der Waals surface area contributed by atoms with Gasteiger partial charge in [-0.1, -0.05) is 11.8 Å². The Morgan fingerprint density at radius 2 is 1.71 bits per heavy atom. The molecule has 0 radical (unpaired) electrons. The predicted molar refractivity (Wildman–Crippen MR) is 98.8 cm³/mol. The summed E-state index contributed by atoms with van der Waals surface area (Å²) in [5, 5.41) is 7.43. The average molecular weight is 406 g/mol. The molecule has 0 aliphatic carbocycles. The summed E-state index contributed by atoms with van der Waals surface area (Å²) >= 11 is 1.02. The highest BCUT2D eigenvalue weighted by atomic mass is 32.2. The molecule has 0 N–H and O–H groups in total. The first-order valence-corrected chi connectivity index (χ1v) is 9.02. The van der Waals surface area contributed by atoms with Crippen LogP contribution in [0.3, 0.4) is 0 Å². The number of hydrogen-bond donors (Lipinski definition) is 0. The lowest BCUT2D eigenvalue weighted by atomic mass is 10.1. The number of hydrogen-bond acceptors (Lipinski definition) is 7. The van der Waals surface area contributed by atoms with Crippen LogP contribution in [0.2, 0.25) is 0 Å². The van der Waals surface area contributed by atoms with Crippen LogP contribution in [0.5, 0.6) is 11.5 Å². The highest BCUT2D eigenvalue weighted by molar-refractivity contribution is 8.00. The third-order valence-corrected chi connectivity index (χ3v) is 4.79. The van der Waals surface area contributed by atoms with Crippen molar-refractivity contribution in [3.05, 3.63) is 53.6 Å². The lowest BCUT2D eigenvalue weighted by Crippen LogP contribution is -2.14. The molecule has 3 aromatic rings. The summed E-state index contributed by atoms with van der Waals surface area (Å²) in [4.78, 5) is 12.4. The maximum Gasteiger partial charge on any atom is 0.277 e. The molecule has 6 nitrogen and oxygen atoms in total. The molecule has 0 fully saturated rings. The largest absolute Gasteiger partial charge is 0.497 e. The summed E-state index contributed by atoms with van der Waals surface area (Å²) in [6, 6.07) is 8.15. The highest BCUT2D eigenvalue weighted by Gasteiger charge is 2.21. The van der Waals surface area contributed by atoms with Crippen molar-refractivity contribution in [1.82, 2.24) is 10.2 Å². The van der Waals surface area contributed by atoms with Crippen LogP contribution < -0.4 is 9.47 Å². The zero-order valence-corrected chi connectivity index (χ0v) is 16.0. The molecule has 0 saturated carbocycles. The second kappa shape index (κ2) is 8.39. The van der Waals surface area contributed by atoms with Crippen LogP contribution >= 0.6 is 11.8 Å². The number of rotatable bonds is 7. The van der Waals surface area contributed by atoms with Gasteiger partial charge in [-0.15, -0.1) is 10.2 Å². The minimum Gasteiger partial charge on any atom is -0.497 e. The molecular formula is C19H16F2N2O4S. The number of ketones is 1. The van der Waals surface area contributed by atoms with Crippen molar-refractivity contribution in [2.45, 2.75) is 17.4 Å². The minimum absolute atomic E-state index is 0.0659. The topological polar surface area (TPSA) is 74.5 Å². The summed E-state index contributed by atoms with van der Waals surface area (Å²) in [6.45, 7) is 1.62. The van der Waals surface area contributed by atoms with Gasteiger partial charge in [0, 0.05) is 17.2 Å². The molecule has 0 spiro atoms. The summed E-state index contributed by atoms with van der Waals surface area (Å²) in [7, 11) is 3.05. The lowest BCUT2D eigenvalue weighted by molar-refractivity contribution is 0.0993. The van der Waals surface area contributed by atoms with Gasteiger partial charge in [0.15, 0.2) is 17.4 Å². The number of thioether (sulfide) groups is 1. The smallest absolute Gasteiger partial charge is 0.277 e. The lowest BCUT2D eigenvalue weighted by Gasteiger charge is -2.08. The zero-order chi connectivity index (χ0) is 20.3. The Labute approximate surface area is 163 Å². The molecule has 2 aromatic carbocycles. The molecular weight excluding hydrogens is 390 g/mol. The Balaban J connectivity index is 1.77. The molecule has 0 bridgehead atoms. The number of benzene rings is 2. The van der Waals surface area contributed by atoms with Crippen molar-refractivity contribution in [3.8, 4) is 23.0 Å². The Bertz CT molecular complexity index is 987. The van der Waals surface area contributed by atoms with E-state index in [2.05, 4.69) is 10.2 Å². The maximum absolute atomic E-state index is 13.3. The number of carbonyl (C=O) groups excluding carboxylic acids is 1. The van der Waals surface area contributed by atoms with Gasteiger partial charge in [0.1, 0.15) is 11.5 Å². The summed E-state index contributed by atoms with van der Waals surface area (Å²) < 4.78 is 42.4. The predicted octanol–water partition coefficient (Wildman–Crippen LogP) is 4.40. The van der Waals surface area contributed by atoms with E-state index in [1.165, 1.54) is 20.3 Å². The van der Waals surface area contributed by atoms with Crippen LogP contribution in [0.4, 0.5) is 8.78 Å². The number of nitrogens with zero attached hydrogens (tertiary/aromatic N) is 2. The molecule has 28 heavy (non-hydrogen) atoms. The molecule has 0 unspecified atom stereocenters. The second-order valence-corrected chi connectivity index (χ2v) is 7.02. The van der Waals surface area contributed by atoms with Gasteiger partial charge in [0.2, 0.25) is 5.89 Å². The molecule has 1 heterocycles. The highest BCUT2D eigenvalue weighted by Crippen LogP contribution is 2.32. The van der Waals surface area contributed by atoms with E-state index in [1.54, 1.807) is 25.1 Å². The Morgan fingerprint density at radius 1 is 1.04 bits per heavy atom. The first kappa shape index (κ1) is 19.8. The molecule has 1 atom stereocenters. The molecule has 0 aliphatic heterocycles. The van der Waals surface area contributed by atoms with E-state index < -0.39 is 16.9 Å². The van der Waals surface area contributed by atoms with Crippen molar-refractivity contribution in [3.63, 3.8) is 0 Å². The van der Waals surface area contributed by atoms with Crippen LogP contribution in [0.25, 0.3) is 11.5 Å².